The van der Waals surface area contributed by atoms with Gasteiger partial charge >= 0.3 is 6.36 Å². The summed E-state index contributed by atoms with van der Waals surface area (Å²) in [7, 11) is 0. The second kappa shape index (κ2) is 6.19. The average molecular weight is 317 g/mol. The van der Waals surface area contributed by atoms with Crippen LogP contribution in [-0.4, -0.2) is 31.0 Å². The molecule has 2 unspecified atom stereocenters. The van der Waals surface area contributed by atoms with Gasteiger partial charge in [-0.25, -0.2) is 4.39 Å². The Balaban J connectivity index is 2.19. The van der Waals surface area contributed by atoms with E-state index in [1.165, 1.54) is 12.1 Å². The van der Waals surface area contributed by atoms with Crippen LogP contribution in [0, 0.1) is 11.3 Å². The van der Waals surface area contributed by atoms with Gasteiger partial charge in [0.1, 0.15) is 23.6 Å². The molecule has 9 heteroatoms. The summed E-state index contributed by atoms with van der Waals surface area (Å²) in [6, 6.07) is 4.20. The van der Waals surface area contributed by atoms with Crippen molar-refractivity contribution in [1.29, 1.82) is 5.26 Å². The van der Waals surface area contributed by atoms with E-state index in [-0.39, 0.29) is 18.7 Å². The van der Waals surface area contributed by atoms with Crippen molar-refractivity contribution in [2.75, 3.05) is 11.9 Å². The fourth-order valence-electron chi connectivity index (χ4n) is 2.07. The number of amides is 1. The van der Waals surface area contributed by atoms with Crippen LogP contribution < -0.4 is 15.4 Å². The summed E-state index contributed by atoms with van der Waals surface area (Å²) in [5.41, 5.74) is -0.582. The lowest BCUT2D eigenvalue weighted by Crippen LogP contribution is -2.35. The predicted octanol–water partition coefficient (Wildman–Crippen LogP) is 2.10. The molecule has 0 aromatic heterocycles. The third-order valence-electron chi connectivity index (χ3n) is 3.02. The minimum absolute atomic E-state index is 0.0282. The van der Waals surface area contributed by atoms with Crippen LogP contribution in [0.5, 0.6) is 5.75 Å². The number of rotatable bonds is 3. The number of nitrogens with one attached hydrogen (secondary N) is 2. The molecule has 1 fully saturated rings. The van der Waals surface area contributed by atoms with Crippen molar-refractivity contribution >= 4 is 11.6 Å². The summed E-state index contributed by atoms with van der Waals surface area (Å²) in [5.74, 6) is -1.34. The molecule has 1 aliphatic rings. The van der Waals surface area contributed by atoms with E-state index in [9.17, 15) is 22.4 Å². The molecule has 0 saturated carbocycles. The number of carbonyl (C=O) groups is 1. The molecule has 1 amide bonds. The fraction of sp³-hybridized carbons (Fsp3) is 0.385. The standard InChI is InChI=1S/C13H11F4N3O2/c14-7-4-10(19-6-7)12(21)20-9-2-1-3-11(8(9)5-18)22-13(15,16)17/h1-3,7,10,19H,4,6H2,(H,20,21). The largest absolute Gasteiger partial charge is 0.573 e. The number of hydrogen-bond donors (Lipinski definition) is 2. The summed E-state index contributed by atoms with van der Waals surface area (Å²) in [6.07, 6.45) is -6.15. The molecule has 5 nitrogen and oxygen atoms in total. The maximum atomic E-state index is 13.0. The van der Waals surface area contributed by atoms with E-state index in [0.717, 1.165) is 6.07 Å². The van der Waals surface area contributed by atoms with Crippen LogP contribution in [0.1, 0.15) is 12.0 Å². The zero-order chi connectivity index (χ0) is 16.3. The summed E-state index contributed by atoms with van der Waals surface area (Å²) in [4.78, 5) is 11.9. The maximum absolute atomic E-state index is 13.0. The van der Waals surface area contributed by atoms with E-state index in [1.807, 2.05) is 0 Å². The Morgan fingerprint density at radius 3 is 2.73 bits per heavy atom. The number of carbonyl (C=O) groups excluding carboxylic acids is 1. The van der Waals surface area contributed by atoms with Crippen molar-refractivity contribution in [3.8, 4) is 11.8 Å². The van der Waals surface area contributed by atoms with Crippen LogP contribution in [-0.2, 0) is 4.79 Å². The Morgan fingerprint density at radius 2 is 2.18 bits per heavy atom. The molecule has 0 radical (unpaired) electrons. The highest BCUT2D eigenvalue weighted by atomic mass is 19.4. The molecule has 0 spiro atoms. The number of hydrogen-bond acceptors (Lipinski definition) is 4. The van der Waals surface area contributed by atoms with E-state index < -0.39 is 35.8 Å². The van der Waals surface area contributed by atoms with E-state index in [0.29, 0.717) is 0 Å². The molecule has 1 aromatic carbocycles. The molecule has 1 heterocycles. The number of nitriles is 1. The smallest absolute Gasteiger partial charge is 0.404 e. The lowest BCUT2D eigenvalue weighted by molar-refractivity contribution is -0.274. The number of benzene rings is 1. The Kier molecular flexibility index (Phi) is 4.51. The van der Waals surface area contributed by atoms with Gasteiger partial charge in [0.2, 0.25) is 5.91 Å². The van der Waals surface area contributed by atoms with E-state index in [1.54, 1.807) is 6.07 Å². The summed E-state index contributed by atoms with van der Waals surface area (Å²) < 4.78 is 53.6. The van der Waals surface area contributed by atoms with Crippen molar-refractivity contribution < 1.29 is 27.1 Å². The van der Waals surface area contributed by atoms with Crippen LogP contribution in [0.2, 0.25) is 0 Å². The van der Waals surface area contributed by atoms with Gasteiger partial charge in [-0.05, 0) is 12.1 Å². The quantitative estimate of drug-likeness (QED) is 0.837. The van der Waals surface area contributed by atoms with E-state index in [4.69, 9.17) is 5.26 Å². The topological polar surface area (TPSA) is 74.2 Å². The van der Waals surface area contributed by atoms with Crippen molar-refractivity contribution in [1.82, 2.24) is 5.32 Å². The van der Waals surface area contributed by atoms with E-state index in [2.05, 4.69) is 15.4 Å². The highest BCUT2D eigenvalue weighted by molar-refractivity contribution is 5.96. The van der Waals surface area contributed by atoms with Gasteiger partial charge < -0.3 is 15.4 Å². The maximum Gasteiger partial charge on any atom is 0.573 e. The molecular weight excluding hydrogens is 306 g/mol. The zero-order valence-corrected chi connectivity index (χ0v) is 11.1. The van der Waals surface area contributed by atoms with Gasteiger partial charge in [-0.15, -0.1) is 13.2 Å². The minimum Gasteiger partial charge on any atom is -0.404 e. The highest BCUT2D eigenvalue weighted by Crippen LogP contribution is 2.30. The molecule has 22 heavy (non-hydrogen) atoms. The van der Waals surface area contributed by atoms with Crippen molar-refractivity contribution in [3.63, 3.8) is 0 Å². The number of nitrogens with zero attached hydrogens (tertiary/aromatic N) is 1. The second-order valence-electron chi connectivity index (χ2n) is 4.62. The van der Waals surface area contributed by atoms with Gasteiger partial charge in [0.25, 0.3) is 0 Å². The SMILES string of the molecule is N#Cc1c(NC(=O)C2CC(F)CN2)cccc1OC(F)(F)F. The Morgan fingerprint density at radius 1 is 1.45 bits per heavy atom. The third kappa shape index (κ3) is 3.85. The van der Waals surface area contributed by atoms with Crippen LogP contribution in [0.25, 0.3) is 0 Å². The molecule has 0 aliphatic carbocycles. The molecule has 1 aliphatic heterocycles. The molecule has 0 bridgehead atoms. The first kappa shape index (κ1) is 16.0. The summed E-state index contributed by atoms with van der Waals surface area (Å²) >= 11 is 0. The summed E-state index contributed by atoms with van der Waals surface area (Å²) in [5, 5.41) is 13.9. The predicted molar refractivity (Wildman–Crippen MR) is 67.8 cm³/mol. The number of halogens is 4. The first-order chi connectivity index (χ1) is 10.3. The average Bonchev–Trinajstić information content (AvgIpc) is 2.84. The molecule has 2 rings (SSSR count). The van der Waals surface area contributed by atoms with Crippen LogP contribution >= 0.6 is 0 Å². The molecule has 1 aromatic rings. The van der Waals surface area contributed by atoms with Gasteiger partial charge in [0.15, 0.2) is 0 Å². The highest BCUT2D eigenvalue weighted by Gasteiger charge is 2.33. The second-order valence-corrected chi connectivity index (χ2v) is 4.62. The normalized spacial score (nSPS) is 21.2. The van der Waals surface area contributed by atoms with Gasteiger partial charge in [-0.3, -0.25) is 4.79 Å². The van der Waals surface area contributed by atoms with Gasteiger partial charge in [0.05, 0.1) is 11.7 Å². The monoisotopic (exact) mass is 317 g/mol. The molecular formula is C13H11F4N3O2. The molecule has 118 valence electrons. The lowest BCUT2D eigenvalue weighted by atomic mass is 10.1. The number of anilines is 1. The summed E-state index contributed by atoms with van der Waals surface area (Å²) in [6.45, 7) is 0.0282. The zero-order valence-electron chi connectivity index (χ0n) is 11.1. The Bertz CT molecular complexity index is 612. The van der Waals surface area contributed by atoms with Crippen molar-refractivity contribution in [3.05, 3.63) is 23.8 Å². The molecule has 2 N–H and O–H groups in total. The van der Waals surface area contributed by atoms with Crippen molar-refractivity contribution in [2.45, 2.75) is 25.0 Å². The number of ether oxygens (including phenoxy) is 1. The van der Waals surface area contributed by atoms with Gasteiger partial charge in [-0.2, -0.15) is 5.26 Å². The molecule has 1 saturated heterocycles. The Labute approximate surface area is 122 Å². The lowest BCUT2D eigenvalue weighted by Gasteiger charge is -2.15. The van der Waals surface area contributed by atoms with Gasteiger partial charge in [0, 0.05) is 13.0 Å². The molecule has 2 atom stereocenters. The first-order valence-corrected chi connectivity index (χ1v) is 6.27. The van der Waals surface area contributed by atoms with Crippen LogP contribution in [0.4, 0.5) is 23.2 Å². The first-order valence-electron chi connectivity index (χ1n) is 6.27. The fourth-order valence-corrected chi connectivity index (χ4v) is 2.07. The third-order valence-corrected chi connectivity index (χ3v) is 3.02. The van der Waals surface area contributed by atoms with Crippen LogP contribution in [0.15, 0.2) is 18.2 Å². The Hall–Kier alpha value is -2.34. The number of alkyl halides is 4. The van der Waals surface area contributed by atoms with E-state index >= 15 is 0 Å². The van der Waals surface area contributed by atoms with Gasteiger partial charge in [-0.1, -0.05) is 6.07 Å². The van der Waals surface area contributed by atoms with Crippen molar-refractivity contribution in [2.24, 2.45) is 0 Å². The van der Waals surface area contributed by atoms with Crippen LogP contribution in [0.3, 0.4) is 0 Å². The minimum atomic E-state index is -4.96.